The largest absolute Gasteiger partial charge is 0.453 e. The first-order valence-electron chi connectivity index (χ1n) is 27.0. The lowest BCUT2D eigenvalue weighted by atomic mass is 9.89. The van der Waals surface area contributed by atoms with Crippen LogP contribution in [-0.2, 0) is 28.5 Å². The van der Waals surface area contributed by atoms with Crippen molar-refractivity contribution >= 4 is 57.4 Å². The smallest absolute Gasteiger partial charge is 0.407 e. The zero-order chi connectivity index (χ0) is 56.7. The molecule has 6 heterocycles. The molecule has 18 nitrogen and oxygen atoms in total. The minimum Gasteiger partial charge on any atom is -0.453 e. The molecule has 0 aliphatic carbocycles. The van der Waals surface area contributed by atoms with E-state index >= 15 is 17.6 Å². The Bertz CT molecular complexity index is 3100. The van der Waals surface area contributed by atoms with Crippen molar-refractivity contribution in [3.63, 3.8) is 0 Å². The molecule has 23 heteroatoms. The molecule has 4 aliphatic rings. The highest BCUT2D eigenvalue weighted by molar-refractivity contribution is 5.88. The molecule has 8 atom stereocenters. The number of carbonyl (C=O) groups is 4. The first-order valence-corrected chi connectivity index (χ1v) is 27.0. The molecule has 4 fully saturated rings. The van der Waals surface area contributed by atoms with Crippen molar-refractivity contribution in [2.45, 2.75) is 120 Å². The highest BCUT2D eigenvalue weighted by atomic mass is 19.1. The quantitative estimate of drug-likeness (QED) is 0.0712. The van der Waals surface area contributed by atoms with Crippen molar-refractivity contribution in [3.05, 3.63) is 118 Å². The summed E-state index contributed by atoms with van der Waals surface area (Å²) < 4.78 is 102. The Hall–Kier alpha value is -7.53. The minimum atomic E-state index is -1.08. The number of nitrogens with one attached hydrogen (secondary N) is 4. The average Bonchev–Trinajstić information content (AvgIpc) is 4.48. The van der Waals surface area contributed by atoms with Gasteiger partial charge in [-0.25, -0.2) is 41.5 Å². The van der Waals surface area contributed by atoms with Gasteiger partial charge in [0, 0.05) is 69.3 Å². The summed E-state index contributed by atoms with van der Waals surface area (Å²) in [6.45, 7) is 4.64. The number of aromatic amines is 2. The van der Waals surface area contributed by atoms with Gasteiger partial charge < -0.3 is 59.1 Å². The van der Waals surface area contributed by atoms with Crippen molar-refractivity contribution in [2.24, 2.45) is 0 Å². The second kappa shape index (κ2) is 23.3. The molecule has 0 saturated carbocycles. The molecule has 4 amide bonds. The molecule has 4 aromatic carbocycles. The molecule has 4 saturated heterocycles. The van der Waals surface area contributed by atoms with E-state index in [-0.39, 0.29) is 58.1 Å². The summed E-state index contributed by atoms with van der Waals surface area (Å²) in [5.41, 5.74) is 2.44. The monoisotopic (exact) mass is 1110 g/mol. The van der Waals surface area contributed by atoms with Crippen molar-refractivity contribution < 1.29 is 60.1 Å². The Morgan fingerprint density at radius 1 is 0.575 bits per heavy atom. The Kier molecular flexibility index (Phi) is 16.2. The van der Waals surface area contributed by atoms with Gasteiger partial charge in [0.05, 0.1) is 72.7 Å². The molecule has 4 N–H and O–H groups in total. The number of hydrogen-bond donors (Lipinski definition) is 4. The van der Waals surface area contributed by atoms with Gasteiger partial charge >= 0.3 is 12.2 Å². The van der Waals surface area contributed by atoms with Crippen molar-refractivity contribution in [2.75, 3.05) is 64.4 Å². The number of imidazole rings is 2. The first kappa shape index (κ1) is 55.8. The lowest BCUT2D eigenvalue weighted by Gasteiger charge is -2.36. The minimum absolute atomic E-state index is 0.0491. The Labute approximate surface area is 458 Å². The van der Waals surface area contributed by atoms with Crippen molar-refractivity contribution in [3.8, 4) is 0 Å². The summed E-state index contributed by atoms with van der Waals surface area (Å²) >= 11 is 0. The highest BCUT2D eigenvalue weighted by Gasteiger charge is 2.43. The number of piperidine rings is 1. The van der Waals surface area contributed by atoms with Crippen LogP contribution >= 0.6 is 0 Å². The fourth-order valence-corrected chi connectivity index (χ4v) is 12.3. The third kappa shape index (κ3) is 10.8. The van der Waals surface area contributed by atoms with Crippen LogP contribution in [-0.4, -0.2) is 133 Å². The normalized spacial score (nSPS) is 21.3. The number of nitrogens with zero attached hydrogens (tertiary/aromatic N) is 6. The zero-order valence-corrected chi connectivity index (χ0v) is 45.3. The lowest BCUT2D eigenvalue weighted by molar-refractivity contribution is -0.138. The maximum atomic E-state index is 17.0. The van der Waals surface area contributed by atoms with Crippen LogP contribution in [0.25, 0.3) is 22.1 Å². The van der Waals surface area contributed by atoms with Gasteiger partial charge in [-0.3, -0.25) is 9.59 Å². The van der Waals surface area contributed by atoms with Crippen LogP contribution in [0.1, 0.15) is 124 Å². The zero-order valence-electron chi connectivity index (χ0n) is 45.3. The summed E-state index contributed by atoms with van der Waals surface area (Å²) in [4.78, 5) is 75.3. The number of carbonyl (C=O) groups excluding carboxylic acids is 4. The number of likely N-dealkylation sites (tertiary alicyclic amines) is 2. The standard InChI is InChI=1S/C57H65F5N10O8/c1-29(77-3)49(67-56(75)79-5)54(73)70-19-7-9-47(70)52-63-41-25-35(37(59)27-43(41)65-52)45-15-16-46(72(45)34-23-39(61)51(40(62)24-34)69-21-17-32(18-22-69)31-11-13-33(58)14-12-31)36-26-42-44(28-38(36)60)66-53(64-42)48-10-8-20-71(48)55(74)50(30(2)78-4)68-57(76)80-6/h11-14,23-30,32,45-50H,7-10,15-22H2,1-6H3,(H,63,65)(H,64,66)(H,67,75)(H,68,76)/t29-,30-,45?,46?,47+,48+,49+,50?/m1/s1. The van der Waals surface area contributed by atoms with E-state index in [4.69, 9.17) is 28.9 Å². The van der Waals surface area contributed by atoms with E-state index in [9.17, 15) is 23.6 Å². The average molecular weight is 1110 g/mol. The van der Waals surface area contributed by atoms with Crippen LogP contribution in [0.5, 0.6) is 0 Å². The van der Waals surface area contributed by atoms with E-state index < -0.39 is 95.7 Å². The maximum absolute atomic E-state index is 17.0. The fraction of sp³-hybridized carbons (Fsp3) is 0.474. The van der Waals surface area contributed by atoms with Gasteiger partial charge in [-0.2, -0.15) is 0 Å². The number of fused-ring (bicyclic) bond motifs is 2. The van der Waals surface area contributed by atoms with Crippen LogP contribution in [0.3, 0.4) is 0 Å². The van der Waals surface area contributed by atoms with Gasteiger partial charge in [0.1, 0.15) is 46.9 Å². The molecular formula is C57H65F5N10O8. The number of alkyl carbamates (subject to hydrolysis) is 2. The molecular weight excluding hydrogens is 1050 g/mol. The summed E-state index contributed by atoms with van der Waals surface area (Å²) in [5.74, 6) is -3.41. The molecule has 4 aliphatic heterocycles. The number of amides is 4. The molecule has 0 spiro atoms. The van der Waals surface area contributed by atoms with Crippen LogP contribution in [0.15, 0.2) is 60.7 Å². The van der Waals surface area contributed by atoms with Gasteiger partial charge in [-0.1, -0.05) is 12.1 Å². The van der Waals surface area contributed by atoms with E-state index in [1.54, 1.807) is 57.7 Å². The third-order valence-electron chi connectivity index (χ3n) is 16.6. The van der Waals surface area contributed by atoms with Crippen molar-refractivity contribution in [1.29, 1.82) is 0 Å². The fourth-order valence-electron chi connectivity index (χ4n) is 12.3. The van der Waals surface area contributed by atoms with E-state index in [2.05, 4.69) is 20.6 Å². The van der Waals surface area contributed by atoms with Crippen LogP contribution in [0.2, 0.25) is 0 Å². The number of anilines is 2. The molecule has 0 bridgehead atoms. The molecule has 3 unspecified atom stereocenters. The Morgan fingerprint density at radius 3 is 1.45 bits per heavy atom. The second-order valence-electron chi connectivity index (χ2n) is 21.1. The topological polar surface area (TPSA) is 200 Å². The van der Waals surface area contributed by atoms with E-state index in [0.29, 0.717) is 87.4 Å². The number of benzene rings is 4. The van der Waals surface area contributed by atoms with Gasteiger partial charge in [0.2, 0.25) is 11.8 Å². The summed E-state index contributed by atoms with van der Waals surface area (Å²) in [7, 11) is 5.23. The number of halogens is 5. The molecule has 426 valence electrons. The number of rotatable bonds is 15. The van der Waals surface area contributed by atoms with Crippen molar-refractivity contribution in [1.82, 2.24) is 40.4 Å². The predicted molar refractivity (Wildman–Crippen MR) is 285 cm³/mol. The number of aromatic nitrogens is 4. The first-order chi connectivity index (χ1) is 38.5. The van der Waals surface area contributed by atoms with E-state index in [1.165, 1.54) is 64.8 Å². The van der Waals surface area contributed by atoms with Gasteiger partial charge in [-0.15, -0.1) is 0 Å². The molecule has 6 aromatic rings. The Balaban J connectivity index is 0.993. The van der Waals surface area contributed by atoms with E-state index in [0.717, 1.165) is 5.56 Å². The number of hydrogen-bond acceptors (Lipinski definition) is 12. The number of ether oxygens (including phenoxy) is 4. The highest BCUT2D eigenvalue weighted by Crippen LogP contribution is 2.50. The molecule has 2 aromatic heterocycles. The van der Waals surface area contributed by atoms with Crippen LogP contribution in [0, 0.1) is 29.1 Å². The summed E-state index contributed by atoms with van der Waals surface area (Å²) in [6.07, 6.45) is 0.794. The van der Waals surface area contributed by atoms with E-state index in [1.807, 2.05) is 0 Å². The second-order valence-corrected chi connectivity index (χ2v) is 21.1. The summed E-state index contributed by atoms with van der Waals surface area (Å²) in [5, 5.41) is 5.14. The van der Waals surface area contributed by atoms with Gasteiger partial charge in [-0.05, 0) is 113 Å². The number of H-pyrrole nitrogens is 2. The maximum Gasteiger partial charge on any atom is 0.407 e. The lowest BCUT2D eigenvalue weighted by Crippen LogP contribution is -2.54. The molecule has 0 radical (unpaired) electrons. The third-order valence-corrected chi connectivity index (χ3v) is 16.6. The Morgan fingerprint density at radius 2 is 1.02 bits per heavy atom. The summed E-state index contributed by atoms with van der Waals surface area (Å²) in [6, 6.07) is 9.30. The molecule has 10 rings (SSSR count). The predicted octanol–water partition coefficient (Wildman–Crippen LogP) is 9.45. The van der Waals surface area contributed by atoms with Gasteiger partial charge in [0.15, 0.2) is 11.6 Å². The SMILES string of the molecule is COC(=O)NC(C(=O)N1CCC[C@H]1c1nc2cc(F)c(C3CCC(c4cc5[nH]c([C@@H]6CCCN6C(=O)[C@@H](NC(=O)OC)[C@@H](C)OC)nc5cc4F)N3c3cc(F)c(N4CCC(c5ccc(F)cc5)CC4)c(F)c3)cc2[nH]1)[C@@H](C)OC. The van der Waals surface area contributed by atoms with Crippen LogP contribution < -0.4 is 20.4 Å². The van der Waals surface area contributed by atoms with Gasteiger partial charge in [0.25, 0.3) is 0 Å². The number of methoxy groups -OCH3 is 4. The molecule has 80 heavy (non-hydrogen) atoms. The van der Waals surface area contributed by atoms with Crippen LogP contribution in [0.4, 0.5) is 42.9 Å².